The van der Waals surface area contributed by atoms with Crippen molar-refractivity contribution in [1.29, 1.82) is 0 Å². The number of nitrogens with one attached hydrogen (secondary N) is 2. The number of hydrogen-bond donors (Lipinski definition) is 2. The summed E-state index contributed by atoms with van der Waals surface area (Å²) in [5.41, 5.74) is 0.601. The molecular weight excluding hydrogens is 420 g/mol. The van der Waals surface area contributed by atoms with Crippen molar-refractivity contribution in [3.05, 3.63) is 54.1 Å². The van der Waals surface area contributed by atoms with Gasteiger partial charge in [-0.2, -0.15) is 0 Å². The largest absolute Gasteiger partial charge is 0.326 e. The fourth-order valence-electron chi connectivity index (χ4n) is 4.55. The number of para-hydroxylation sites is 1. The van der Waals surface area contributed by atoms with Gasteiger partial charge in [-0.15, -0.1) is 0 Å². The highest BCUT2D eigenvalue weighted by Crippen LogP contribution is 2.45. The molecule has 172 valence electrons. The van der Waals surface area contributed by atoms with Crippen LogP contribution in [0.25, 0.3) is 0 Å². The van der Waals surface area contributed by atoms with Crippen LogP contribution in [0, 0.1) is 5.92 Å². The van der Waals surface area contributed by atoms with E-state index in [-0.39, 0.29) is 30.6 Å². The van der Waals surface area contributed by atoms with E-state index in [1.807, 2.05) is 0 Å². The summed E-state index contributed by atoms with van der Waals surface area (Å²) in [4.78, 5) is 54.7. The average molecular weight is 449 g/mol. The van der Waals surface area contributed by atoms with Gasteiger partial charge in [-0.25, -0.2) is 0 Å². The van der Waals surface area contributed by atoms with Crippen LogP contribution < -0.4 is 15.5 Å². The minimum atomic E-state index is -1.42. The Balaban J connectivity index is 1.73. The van der Waals surface area contributed by atoms with Gasteiger partial charge >= 0.3 is 0 Å². The Morgan fingerprint density at radius 1 is 1.00 bits per heavy atom. The molecule has 0 radical (unpaired) electrons. The van der Waals surface area contributed by atoms with Crippen LogP contribution in [0.2, 0.25) is 0 Å². The molecule has 4 rings (SSSR count). The first-order chi connectivity index (χ1) is 15.7. The molecule has 2 aromatic rings. The van der Waals surface area contributed by atoms with Crippen molar-refractivity contribution in [3.63, 3.8) is 0 Å². The summed E-state index contributed by atoms with van der Waals surface area (Å²) in [7, 11) is 0. The van der Waals surface area contributed by atoms with Crippen molar-refractivity contribution >= 4 is 40.7 Å². The summed E-state index contributed by atoms with van der Waals surface area (Å²) >= 11 is 0. The SMILES string of the molecule is CC(=O)Nc1ccc(NC(=O)[C@@]23CCC(=O)N2c2ccccc2C(=O)N3CCC(C)C)cc1. The summed E-state index contributed by atoms with van der Waals surface area (Å²) in [6.45, 7) is 5.90. The monoisotopic (exact) mass is 448 g/mol. The standard InChI is InChI=1S/C25H28N4O4/c1-16(2)13-15-28-23(32)20-6-4-5-7-21(20)29-22(31)12-14-25(28,29)24(33)27-19-10-8-18(9-11-19)26-17(3)30/h4-11,16H,12-15H2,1-3H3,(H,26,30)(H,27,33)/t25-/m1/s1. The third-order valence-electron chi connectivity index (χ3n) is 6.13. The van der Waals surface area contributed by atoms with Crippen LogP contribution in [0.15, 0.2) is 48.5 Å². The second-order valence-corrected chi connectivity index (χ2v) is 8.91. The first-order valence-corrected chi connectivity index (χ1v) is 11.2. The van der Waals surface area contributed by atoms with Crippen molar-refractivity contribution in [2.24, 2.45) is 5.92 Å². The van der Waals surface area contributed by atoms with E-state index in [0.29, 0.717) is 41.5 Å². The summed E-state index contributed by atoms with van der Waals surface area (Å²) in [5, 5.41) is 5.59. The maximum Gasteiger partial charge on any atom is 0.271 e. The molecule has 33 heavy (non-hydrogen) atoms. The van der Waals surface area contributed by atoms with Gasteiger partial charge in [0.2, 0.25) is 17.5 Å². The number of benzene rings is 2. The van der Waals surface area contributed by atoms with Crippen molar-refractivity contribution in [3.8, 4) is 0 Å². The third kappa shape index (κ3) is 3.97. The fraction of sp³-hybridized carbons (Fsp3) is 0.360. The Hall–Kier alpha value is -3.68. The van der Waals surface area contributed by atoms with Crippen molar-refractivity contribution < 1.29 is 19.2 Å². The molecular formula is C25H28N4O4. The number of carbonyl (C=O) groups excluding carboxylic acids is 4. The van der Waals surface area contributed by atoms with Crippen LogP contribution in [0.5, 0.6) is 0 Å². The molecule has 0 aromatic heterocycles. The van der Waals surface area contributed by atoms with Gasteiger partial charge in [-0.3, -0.25) is 24.1 Å². The minimum Gasteiger partial charge on any atom is -0.326 e. The summed E-state index contributed by atoms with van der Waals surface area (Å²) in [6.07, 6.45) is 1.10. The molecule has 1 atom stereocenters. The van der Waals surface area contributed by atoms with Gasteiger partial charge in [-0.05, 0) is 48.7 Å². The Morgan fingerprint density at radius 3 is 2.27 bits per heavy atom. The number of amides is 4. The van der Waals surface area contributed by atoms with E-state index in [4.69, 9.17) is 0 Å². The number of fused-ring (bicyclic) bond motifs is 3. The molecule has 2 aliphatic heterocycles. The predicted octanol–water partition coefficient (Wildman–Crippen LogP) is 3.61. The molecule has 0 aliphatic carbocycles. The van der Waals surface area contributed by atoms with E-state index in [2.05, 4.69) is 24.5 Å². The van der Waals surface area contributed by atoms with Gasteiger partial charge in [0.05, 0.1) is 11.3 Å². The average Bonchev–Trinajstić information content (AvgIpc) is 3.13. The lowest BCUT2D eigenvalue weighted by atomic mass is 9.94. The zero-order valence-electron chi connectivity index (χ0n) is 19.1. The van der Waals surface area contributed by atoms with Gasteiger partial charge in [0.1, 0.15) is 0 Å². The second kappa shape index (κ2) is 8.69. The van der Waals surface area contributed by atoms with Crippen LogP contribution in [-0.4, -0.2) is 40.7 Å². The first-order valence-electron chi connectivity index (χ1n) is 11.2. The highest BCUT2D eigenvalue weighted by Gasteiger charge is 2.60. The Labute approximate surface area is 192 Å². The lowest BCUT2D eigenvalue weighted by molar-refractivity contribution is -0.129. The first kappa shape index (κ1) is 22.5. The minimum absolute atomic E-state index is 0.175. The molecule has 1 saturated heterocycles. The van der Waals surface area contributed by atoms with E-state index < -0.39 is 11.6 Å². The zero-order valence-corrected chi connectivity index (χ0v) is 19.1. The molecule has 0 bridgehead atoms. The van der Waals surface area contributed by atoms with E-state index in [0.717, 1.165) is 0 Å². The molecule has 2 heterocycles. The van der Waals surface area contributed by atoms with Crippen LogP contribution in [-0.2, 0) is 14.4 Å². The van der Waals surface area contributed by atoms with Gasteiger partial charge in [-0.1, -0.05) is 26.0 Å². The van der Waals surface area contributed by atoms with E-state index in [9.17, 15) is 19.2 Å². The predicted molar refractivity (Wildman–Crippen MR) is 126 cm³/mol. The number of anilines is 3. The second-order valence-electron chi connectivity index (χ2n) is 8.91. The van der Waals surface area contributed by atoms with Crippen molar-refractivity contribution in [2.45, 2.75) is 45.7 Å². The van der Waals surface area contributed by atoms with Gasteiger partial charge < -0.3 is 15.5 Å². The Bertz CT molecular complexity index is 1110. The number of hydrogen-bond acceptors (Lipinski definition) is 4. The van der Waals surface area contributed by atoms with Gasteiger partial charge in [0.25, 0.3) is 11.8 Å². The van der Waals surface area contributed by atoms with Crippen LogP contribution in [0.4, 0.5) is 17.1 Å². The smallest absolute Gasteiger partial charge is 0.271 e. The Morgan fingerprint density at radius 2 is 1.64 bits per heavy atom. The third-order valence-corrected chi connectivity index (χ3v) is 6.13. The molecule has 0 saturated carbocycles. The molecule has 0 unspecified atom stereocenters. The summed E-state index contributed by atoms with van der Waals surface area (Å²) < 4.78 is 0. The molecule has 1 fully saturated rings. The highest BCUT2D eigenvalue weighted by atomic mass is 16.2. The molecule has 2 aliphatic rings. The highest BCUT2D eigenvalue weighted by molar-refractivity contribution is 6.18. The van der Waals surface area contributed by atoms with E-state index in [1.54, 1.807) is 53.4 Å². The van der Waals surface area contributed by atoms with Crippen LogP contribution in [0.1, 0.15) is 50.4 Å². The van der Waals surface area contributed by atoms with Gasteiger partial charge in [0.15, 0.2) is 0 Å². The maximum atomic E-state index is 13.8. The molecule has 8 nitrogen and oxygen atoms in total. The normalized spacial score (nSPS) is 19.4. The zero-order chi connectivity index (χ0) is 23.8. The molecule has 0 spiro atoms. The number of rotatable bonds is 6. The number of carbonyl (C=O) groups is 4. The molecule has 2 N–H and O–H groups in total. The summed E-state index contributed by atoms with van der Waals surface area (Å²) in [6, 6.07) is 13.7. The van der Waals surface area contributed by atoms with E-state index >= 15 is 0 Å². The van der Waals surface area contributed by atoms with Crippen LogP contribution in [0.3, 0.4) is 0 Å². The number of nitrogens with zero attached hydrogens (tertiary/aromatic N) is 2. The molecule has 8 heteroatoms. The lowest BCUT2D eigenvalue weighted by Gasteiger charge is -2.49. The maximum absolute atomic E-state index is 13.8. The quantitative estimate of drug-likeness (QED) is 0.705. The molecule has 4 amide bonds. The van der Waals surface area contributed by atoms with Crippen molar-refractivity contribution in [2.75, 3.05) is 22.1 Å². The molecule has 2 aromatic carbocycles. The topological polar surface area (TPSA) is 98.8 Å². The lowest BCUT2D eigenvalue weighted by Crippen LogP contribution is -2.69. The Kier molecular flexibility index (Phi) is 5.93. The van der Waals surface area contributed by atoms with Crippen LogP contribution >= 0.6 is 0 Å². The summed E-state index contributed by atoms with van der Waals surface area (Å²) in [5.74, 6) is -0.714. The van der Waals surface area contributed by atoms with E-state index in [1.165, 1.54) is 11.8 Å². The van der Waals surface area contributed by atoms with Crippen molar-refractivity contribution in [1.82, 2.24) is 4.90 Å². The fourth-order valence-corrected chi connectivity index (χ4v) is 4.55. The van der Waals surface area contributed by atoms with Gasteiger partial charge in [0, 0.05) is 37.7 Å².